The number of rotatable bonds is 3. The molecule has 0 fully saturated rings. The maximum atomic E-state index is 13.1. The van der Waals surface area contributed by atoms with Gasteiger partial charge in [0.15, 0.2) is 5.69 Å². The van der Waals surface area contributed by atoms with Gasteiger partial charge in [-0.2, -0.15) is 18.3 Å². The molecular weight excluding hydrogens is 343 g/mol. The van der Waals surface area contributed by atoms with E-state index in [0.29, 0.717) is 17.0 Å². The van der Waals surface area contributed by atoms with E-state index in [2.05, 4.69) is 10.1 Å². The first-order valence-electron chi connectivity index (χ1n) is 6.82. The number of methoxy groups -OCH3 is 1. The van der Waals surface area contributed by atoms with Crippen molar-refractivity contribution in [3.63, 3.8) is 0 Å². The van der Waals surface area contributed by atoms with Crippen molar-refractivity contribution >= 4 is 11.6 Å². The molecular formula is C16H11ClF3N3O. The van der Waals surface area contributed by atoms with Gasteiger partial charge in [0, 0.05) is 5.56 Å². The summed E-state index contributed by atoms with van der Waals surface area (Å²) in [6.45, 7) is 0. The average Bonchev–Trinajstić information content (AvgIpc) is 3.01. The molecule has 0 aliphatic rings. The Hall–Kier alpha value is -2.54. The summed E-state index contributed by atoms with van der Waals surface area (Å²) in [7, 11) is 1.51. The monoisotopic (exact) mass is 353 g/mol. The van der Waals surface area contributed by atoms with E-state index in [9.17, 15) is 13.2 Å². The molecule has 24 heavy (non-hydrogen) atoms. The lowest BCUT2D eigenvalue weighted by Crippen LogP contribution is -2.07. The van der Waals surface area contributed by atoms with Gasteiger partial charge in [0.1, 0.15) is 10.9 Å². The molecule has 0 unspecified atom stereocenters. The van der Waals surface area contributed by atoms with Gasteiger partial charge in [0.2, 0.25) is 0 Å². The molecule has 1 aromatic carbocycles. The van der Waals surface area contributed by atoms with Crippen molar-refractivity contribution in [3.05, 3.63) is 59.5 Å². The maximum absolute atomic E-state index is 13.1. The Morgan fingerprint density at radius 3 is 2.33 bits per heavy atom. The first-order valence-corrected chi connectivity index (χ1v) is 7.20. The molecule has 0 aliphatic carbocycles. The highest BCUT2D eigenvalue weighted by Gasteiger charge is 2.35. The molecule has 0 bridgehead atoms. The summed E-state index contributed by atoms with van der Waals surface area (Å²) in [5.41, 5.74) is 0.242. The van der Waals surface area contributed by atoms with Crippen LogP contribution in [0.5, 0.6) is 5.75 Å². The maximum Gasteiger partial charge on any atom is 0.435 e. The number of ether oxygens (including phenoxy) is 1. The minimum absolute atomic E-state index is 0.243. The highest BCUT2D eigenvalue weighted by atomic mass is 35.5. The second-order valence-electron chi connectivity index (χ2n) is 4.89. The number of hydrogen-bond donors (Lipinski definition) is 0. The Morgan fingerprint density at radius 1 is 1.08 bits per heavy atom. The lowest BCUT2D eigenvalue weighted by molar-refractivity contribution is -0.141. The van der Waals surface area contributed by atoms with E-state index in [1.807, 2.05) is 0 Å². The summed E-state index contributed by atoms with van der Waals surface area (Å²) in [6.07, 6.45) is -3.19. The number of alkyl halides is 3. The number of benzene rings is 1. The third-order valence-electron chi connectivity index (χ3n) is 3.34. The topological polar surface area (TPSA) is 39.9 Å². The molecule has 0 amide bonds. The van der Waals surface area contributed by atoms with Crippen LogP contribution in [0.15, 0.2) is 48.7 Å². The number of pyridine rings is 1. The summed E-state index contributed by atoms with van der Waals surface area (Å²) >= 11 is 5.73. The molecule has 2 heterocycles. The Labute approximate surface area is 140 Å². The highest BCUT2D eigenvalue weighted by Crippen LogP contribution is 2.33. The number of halogens is 4. The van der Waals surface area contributed by atoms with Gasteiger partial charge in [0.05, 0.1) is 24.7 Å². The van der Waals surface area contributed by atoms with Crippen molar-refractivity contribution in [3.8, 4) is 22.7 Å². The summed E-state index contributed by atoms with van der Waals surface area (Å²) in [5, 5.41) is 3.92. The Bertz CT molecular complexity index is 842. The molecule has 0 aliphatic heterocycles. The van der Waals surface area contributed by atoms with E-state index in [1.165, 1.54) is 24.1 Å². The average molecular weight is 354 g/mol. The van der Waals surface area contributed by atoms with Gasteiger partial charge in [0.25, 0.3) is 0 Å². The Kier molecular flexibility index (Phi) is 4.19. The first kappa shape index (κ1) is 16.3. The lowest BCUT2D eigenvalue weighted by Gasteiger charge is -2.08. The minimum atomic E-state index is -4.55. The zero-order valence-corrected chi connectivity index (χ0v) is 13.1. The van der Waals surface area contributed by atoms with Crippen LogP contribution in [0.2, 0.25) is 5.15 Å². The standard InChI is InChI=1S/C16H11ClF3N3O/c1-24-12-5-2-10(3-6-12)13-8-14(16(18,19)20)22-23(13)11-4-7-15(17)21-9-11/h2-9H,1H3. The predicted molar refractivity (Wildman–Crippen MR) is 83.4 cm³/mol. The summed E-state index contributed by atoms with van der Waals surface area (Å²) in [4.78, 5) is 3.89. The fourth-order valence-corrected chi connectivity index (χ4v) is 2.29. The largest absolute Gasteiger partial charge is 0.497 e. The van der Waals surface area contributed by atoms with Gasteiger partial charge in [-0.25, -0.2) is 9.67 Å². The first-order chi connectivity index (χ1) is 11.4. The second-order valence-corrected chi connectivity index (χ2v) is 5.28. The normalized spacial score (nSPS) is 11.5. The van der Waals surface area contributed by atoms with Crippen LogP contribution in [0.25, 0.3) is 16.9 Å². The van der Waals surface area contributed by atoms with E-state index in [1.54, 1.807) is 30.3 Å². The third kappa shape index (κ3) is 3.21. The van der Waals surface area contributed by atoms with Gasteiger partial charge in [-0.1, -0.05) is 11.6 Å². The zero-order valence-electron chi connectivity index (χ0n) is 12.4. The molecule has 0 saturated heterocycles. The van der Waals surface area contributed by atoms with E-state index in [-0.39, 0.29) is 10.8 Å². The van der Waals surface area contributed by atoms with Crippen LogP contribution < -0.4 is 4.74 Å². The molecule has 3 rings (SSSR count). The van der Waals surface area contributed by atoms with Crippen molar-refractivity contribution in [1.29, 1.82) is 0 Å². The summed E-state index contributed by atoms with van der Waals surface area (Å²) in [5.74, 6) is 0.606. The molecule has 0 N–H and O–H groups in total. The molecule has 0 radical (unpaired) electrons. The Morgan fingerprint density at radius 2 is 1.79 bits per heavy atom. The third-order valence-corrected chi connectivity index (χ3v) is 3.57. The van der Waals surface area contributed by atoms with Crippen LogP contribution in [-0.2, 0) is 6.18 Å². The van der Waals surface area contributed by atoms with Crippen molar-refractivity contribution in [2.75, 3.05) is 7.11 Å². The molecule has 0 spiro atoms. The Balaban J connectivity index is 2.15. The second kappa shape index (κ2) is 6.16. The molecule has 8 heteroatoms. The molecule has 0 atom stereocenters. The van der Waals surface area contributed by atoms with Crippen LogP contribution >= 0.6 is 11.6 Å². The van der Waals surface area contributed by atoms with E-state index in [4.69, 9.17) is 16.3 Å². The quantitative estimate of drug-likeness (QED) is 0.645. The minimum Gasteiger partial charge on any atom is -0.497 e. The summed E-state index contributed by atoms with van der Waals surface area (Å²) in [6, 6.07) is 10.7. The van der Waals surface area contributed by atoms with E-state index in [0.717, 1.165) is 6.07 Å². The molecule has 124 valence electrons. The number of aromatic nitrogens is 3. The fraction of sp³-hybridized carbons (Fsp3) is 0.125. The van der Waals surface area contributed by atoms with Gasteiger partial charge in [-0.3, -0.25) is 0 Å². The lowest BCUT2D eigenvalue weighted by atomic mass is 10.1. The van der Waals surface area contributed by atoms with Crippen LogP contribution in [0, 0.1) is 0 Å². The SMILES string of the molecule is COc1ccc(-c2cc(C(F)(F)F)nn2-c2ccc(Cl)nc2)cc1. The van der Waals surface area contributed by atoms with Gasteiger partial charge in [-0.05, 0) is 42.5 Å². The number of hydrogen-bond acceptors (Lipinski definition) is 3. The van der Waals surface area contributed by atoms with Crippen molar-refractivity contribution in [2.45, 2.75) is 6.18 Å². The van der Waals surface area contributed by atoms with Gasteiger partial charge >= 0.3 is 6.18 Å². The van der Waals surface area contributed by atoms with Crippen molar-refractivity contribution < 1.29 is 17.9 Å². The van der Waals surface area contributed by atoms with E-state index >= 15 is 0 Å². The van der Waals surface area contributed by atoms with Crippen LogP contribution in [0.3, 0.4) is 0 Å². The smallest absolute Gasteiger partial charge is 0.435 e. The van der Waals surface area contributed by atoms with E-state index < -0.39 is 11.9 Å². The summed E-state index contributed by atoms with van der Waals surface area (Å²) < 4.78 is 45.4. The van der Waals surface area contributed by atoms with Crippen molar-refractivity contribution in [2.24, 2.45) is 0 Å². The highest BCUT2D eigenvalue weighted by molar-refractivity contribution is 6.29. The molecule has 3 aromatic rings. The zero-order chi connectivity index (χ0) is 17.3. The molecule has 0 saturated carbocycles. The predicted octanol–water partition coefficient (Wildman–Crippen LogP) is 4.62. The van der Waals surface area contributed by atoms with Crippen LogP contribution in [-0.4, -0.2) is 21.9 Å². The molecule has 4 nitrogen and oxygen atoms in total. The van der Waals surface area contributed by atoms with Gasteiger partial charge < -0.3 is 4.74 Å². The van der Waals surface area contributed by atoms with Crippen molar-refractivity contribution in [1.82, 2.24) is 14.8 Å². The number of nitrogens with zero attached hydrogens (tertiary/aromatic N) is 3. The van der Waals surface area contributed by atoms with Crippen LogP contribution in [0.4, 0.5) is 13.2 Å². The van der Waals surface area contributed by atoms with Crippen LogP contribution in [0.1, 0.15) is 5.69 Å². The van der Waals surface area contributed by atoms with Gasteiger partial charge in [-0.15, -0.1) is 0 Å². The fourth-order valence-electron chi connectivity index (χ4n) is 2.18. The molecule has 2 aromatic heterocycles.